The lowest BCUT2D eigenvalue weighted by Crippen LogP contribution is -2.42. The van der Waals surface area contributed by atoms with Crippen LogP contribution in [0.5, 0.6) is 0 Å². The number of benzene rings is 1. The zero-order valence-electron chi connectivity index (χ0n) is 13.0. The van der Waals surface area contributed by atoms with Crippen LogP contribution in [0.25, 0.3) is 0 Å². The number of aliphatic hydroxyl groups excluding tert-OH is 1. The van der Waals surface area contributed by atoms with Crippen LogP contribution in [0.4, 0.5) is 0 Å². The number of piperidine rings is 1. The van der Waals surface area contributed by atoms with Gasteiger partial charge in [-0.15, -0.1) is 0 Å². The number of rotatable bonds is 4. The maximum atomic E-state index is 13.0. The van der Waals surface area contributed by atoms with Crippen LogP contribution in [-0.2, 0) is 23.1 Å². The van der Waals surface area contributed by atoms with Crippen LogP contribution in [0.15, 0.2) is 23.1 Å². The van der Waals surface area contributed by atoms with Crippen LogP contribution >= 0.6 is 0 Å². The summed E-state index contributed by atoms with van der Waals surface area (Å²) in [5, 5.41) is 9.28. The highest BCUT2D eigenvalue weighted by atomic mass is 32.2. The SMILES string of the molecule is CCc1ccc(CO)cc1S(=O)(=O)N1CC(C)CC(C)C1. The van der Waals surface area contributed by atoms with E-state index in [-0.39, 0.29) is 6.61 Å². The Morgan fingerprint density at radius 3 is 2.38 bits per heavy atom. The van der Waals surface area contributed by atoms with Gasteiger partial charge in [-0.1, -0.05) is 32.9 Å². The first kappa shape index (κ1) is 16.5. The number of aliphatic hydroxyl groups is 1. The Kier molecular flexibility index (Phi) is 5.07. The average Bonchev–Trinajstić information content (AvgIpc) is 2.45. The second-order valence-electron chi connectivity index (χ2n) is 6.22. The predicted molar refractivity (Wildman–Crippen MR) is 83.4 cm³/mol. The van der Waals surface area contributed by atoms with Crippen molar-refractivity contribution >= 4 is 10.0 Å². The Hall–Kier alpha value is -0.910. The number of hydrogen-bond donors (Lipinski definition) is 1. The van der Waals surface area contributed by atoms with E-state index < -0.39 is 10.0 Å². The standard InChI is InChI=1S/C16H25NO3S/c1-4-15-6-5-14(11-18)8-16(15)21(19,20)17-9-12(2)7-13(3)10-17/h5-6,8,12-13,18H,4,7,9-11H2,1-3H3. The minimum absolute atomic E-state index is 0.140. The second-order valence-corrected chi connectivity index (χ2v) is 8.13. The molecule has 118 valence electrons. The highest BCUT2D eigenvalue weighted by molar-refractivity contribution is 7.89. The molecule has 0 amide bonds. The molecule has 21 heavy (non-hydrogen) atoms. The van der Waals surface area contributed by atoms with Gasteiger partial charge in [-0.3, -0.25) is 0 Å². The van der Waals surface area contributed by atoms with Crippen LogP contribution in [0.2, 0.25) is 0 Å². The molecule has 4 nitrogen and oxygen atoms in total. The molecule has 0 aliphatic carbocycles. The van der Waals surface area contributed by atoms with E-state index in [2.05, 4.69) is 13.8 Å². The molecular formula is C16H25NO3S. The van der Waals surface area contributed by atoms with Crippen molar-refractivity contribution in [1.82, 2.24) is 4.31 Å². The summed E-state index contributed by atoms with van der Waals surface area (Å²) in [6.45, 7) is 7.18. The molecular weight excluding hydrogens is 286 g/mol. The lowest BCUT2D eigenvalue weighted by molar-refractivity contribution is 0.222. The van der Waals surface area contributed by atoms with Gasteiger partial charge >= 0.3 is 0 Å². The molecule has 0 saturated carbocycles. The third kappa shape index (κ3) is 3.47. The van der Waals surface area contributed by atoms with Crippen molar-refractivity contribution < 1.29 is 13.5 Å². The van der Waals surface area contributed by atoms with Gasteiger partial charge in [-0.05, 0) is 41.9 Å². The summed E-state index contributed by atoms with van der Waals surface area (Å²) in [5.74, 6) is 0.768. The van der Waals surface area contributed by atoms with Gasteiger partial charge in [-0.25, -0.2) is 8.42 Å². The van der Waals surface area contributed by atoms with Crippen LogP contribution in [0.1, 0.15) is 38.3 Å². The monoisotopic (exact) mass is 311 g/mol. The largest absolute Gasteiger partial charge is 0.392 e. The third-order valence-corrected chi connectivity index (χ3v) is 6.06. The molecule has 1 N–H and O–H groups in total. The zero-order chi connectivity index (χ0) is 15.6. The van der Waals surface area contributed by atoms with E-state index in [9.17, 15) is 13.5 Å². The van der Waals surface area contributed by atoms with Crippen molar-refractivity contribution in [3.8, 4) is 0 Å². The third-order valence-electron chi connectivity index (χ3n) is 4.15. The van der Waals surface area contributed by atoms with Gasteiger partial charge in [-0.2, -0.15) is 4.31 Å². The molecule has 1 fully saturated rings. The van der Waals surface area contributed by atoms with Gasteiger partial charge in [0.2, 0.25) is 10.0 Å². The first-order valence-corrected chi connectivity index (χ1v) is 9.05. The molecule has 0 aromatic heterocycles. The number of hydrogen-bond acceptors (Lipinski definition) is 3. The lowest BCUT2D eigenvalue weighted by Gasteiger charge is -2.34. The van der Waals surface area contributed by atoms with Crippen molar-refractivity contribution in [2.24, 2.45) is 11.8 Å². The Morgan fingerprint density at radius 2 is 1.86 bits per heavy atom. The molecule has 5 heteroatoms. The smallest absolute Gasteiger partial charge is 0.243 e. The fraction of sp³-hybridized carbons (Fsp3) is 0.625. The summed E-state index contributed by atoms with van der Waals surface area (Å²) in [6.07, 6.45) is 1.74. The van der Waals surface area contributed by atoms with Crippen molar-refractivity contribution in [3.05, 3.63) is 29.3 Å². The maximum Gasteiger partial charge on any atom is 0.243 e. The van der Waals surface area contributed by atoms with E-state index in [4.69, 9.17) is 0 Å². The van der Waals surface area contributed by atoms with Crippen molar-refractivity contribution in [1.29, 1.82) is 0 Å². The van der Waals surface area contributed by atoms with E-state index in [0.29, 0.717) is 41.8 Å². The van der Waals surface area contributed by atoms with E-state index in [1.807, 2.05) is 13.0 Å². The second kappa shape index (κ2) is 6.46. The first-order chi connectivity index (χ1) is 9.88. The molecule has 1 saturated heterocycles. The molecule has 1 aliphatic rings. The fourth-order valence-corrected chi connectivity index (χ4v) is 5.19. The normalized spacial score (nSPS) is 24.2. The Bertz CT molecular complexity index is 588. The Balaban J connectivity index is 2.43. The molecule has 1 heterocycles. The Morgan fingerprint density at radius 1 is 1.24 bits per heavy atom. The quantitative estimate of drug-likeness (QED) is 0.929. The van der Waals surface area contributed by atoms with E-state index in [1.165, 1.54) is 0 Å². The van der Waals surface area contributed by atoms with Gasteiger partial charge in [0.1, 0.15) is 0 Å². The summed E-state index contributed by atoms with van der Waals surface area (Å²) >= 11 is 0. The molecule has 2 unspecified atom stereocenters. The summed E-state index contributed by atoms with van der Waals surface area (Å²) < 4.78 is 27.6. The van der Waals surface area contributed by atoms with Gasteiger partial charge in [0, 0.05) is 13.1 Å². The summed E-state index contributed by atoms with van der Waals surface area (Å²) in [6, 6.07) is 5.23. The van der Waals surface area contributed by atoms with Gasteiger partial charge < -0.3 is 5.11 Å². The van der Waals surface area contributed by atoms with Crippen molar-refractivity contribution in [2.45, 2.75) is 45.1 Å². The van der Waals surface area contributed by atoms with E-state index in [1.54, 1.807) is 16.4 Å². The van der Waals surface area contributed by atoms with E-state index in [0.717, 1.165) is 12.0 Å². The molecule has 1 aromatic carbocycles. The van der Waals surface area contributed by atoms with Crippen LogP contribution in [-0.4, -0.2) is 30.9 Å². The minimum Gasteiger partial charge on any atom is -0.392 e. The Labute approximate surface area is 127 Å². The molecule has 0 spiro atoms. The fourth-order valence-electron chi connectivity index (χ4n) is 3.17. The average molecular weight is 311 g/mol. The minimum atomic E-state index is -3.48. The van der Waals surface area contributed by atoms with Crippen LogP contribution in [0, 0.1) is 11.8 Å². The zero-order valence-corrected chi connectivity index (χ0v) is 13.9. The number of nitrogens with zero attached hydrogens (tertiary/aromatic N) is 1. The summed E-state index contributed by atoms with van der Waals surface area (Å²) in [4.78, 5) is 0.359. The van der Waals surface area contributed by atoms with Crippen LogP contribution in [0.3, 0.4) is 0 Å². The van der Waals surface area contributed by atoms with Crippen LogP contribution < -0.4 is 0 Å². The topological polar surface area (TPSA) is 57.6 Å². The lowest BCUT2D eigenvalue weighted by atomic mass is 9.94. The van der Waals surface area contributed by atoms with Gasteiger partial charge in [0.05, 0.1) is 11.5 Å². The molecule has 2 rings (SSSR count). The molecule has 1 aliphatic heterocycles. The molecule has 2 atom stereocenters. The predicted octanol–water partition coefficient (Wildman–Crippen LogP) is 2.41. The maximum absolute atomic E-state index is 13.0. The molecule has 0 radical (unpaired) electrons. The highest BCUT2D eigenvalue weighted by Crippen LogP contribution is 2.29. The molecule has 1 aromatic rings. The van der Waals surface area contributed by atoms with Crippen molar-refractivity contribution in [3.63, 3.8) is 0 Å². The highest BCUT2D eigenvalue weighted by Gasteiger charge is 2.32. The van der Waals surface area contributed by atoms with Gasteiger partial charge in [0.25, 0.3) is 0 Å². The van der Waals surface area contributed by atoms with Gasteiger partial charge in [0.15, 0.2) is 0 Å². The number of sulfonamides is 1. The first-order valence-electron chi connectivity index (χ1n) is 7.61. The van der Waals surface area contributed by atoms with Crippen molar-refractivity contribution in [2.75, 3.05) is 13.1 Å². The van der Waals surface area contributed by atoms with E-state index >= 15 is 0 Å². The summed E-state index contributed by atoms with van der Waals surface area (Å²) in [5.41, 5.74) is 1.46. The summed E-state index contributed by atoms with van der Waals surface area (Å²) in [7, 11) is -3.48. The number of aryl methyl sites for hydroxylation is 1. The molecule has 0 bridgehead atoms.